The van der Waals surface area contributed by atoms with Gasteiger partial charge in [-0.2, -0.15) is 0 Å². The van der Waals surface area contributed by atoms with Gasteiger partial charge in [0, 0.05) is 64.6 Å². The molecule has 4 nitrogen and oxygen atoms in total. The summed E-state index contributed by atoms with van der Waals surface area (Å²) >= 11 is 1.83. The maximum atomic E-state index is 10.8. The summed E-state index contributed by atoms with van der Waals surface area (Å²) in [5, 5.41) is 17.8. The number of anilines is 6. The molecule has 0 bridgehead atoms. The van der Waals surface area contributed by atoms with Gasteiger partial charge < -0.3 is 19.3 Å². The molecular formula is C54H38N2O2S. The van der Waals surface area contributed by atoms with Crippen LogP contribution >= 0.6 is 11.3 Å². The molecule has 0 atom stereocenters. The van der Waals surface area contributed by atoms with Crippen LogP contribution < -0.4 is 9.80 Å². The lowest BCUT2D eigenvalue weighted by Gasteiger charge is -2.28. The third-order valence-electron chi connectivity index (χ3n) is 11.5. The number of hydrogen-bond acceptors (Lipinski definition) is 5. The number of thiophene rings is 1. The molecule has 5 heteroatoms. The van der Waals surface area contributed by atoms with Gasteiger partial charge in [0.15, 0.2) is 5.58 Å². The highest BCUT2D eigenvalue weighted by atomic mass is 32.1. The molecule has 0 aliphatic heterocycles. The lowest BCUT2D eigenvalue weighted by molar-refractivity contribution is 0.477. The van der Waals surface area contributed by atoms with Crippen molar-refractivity contribution in [2.75, 3.05) is 9.80 Å². The molecule has 11 aromatic rings. The molecule has 0 aliphatic carbocycles. The molecule has 0 unspecified atom stereocenters. The fourth-order valence-corrected chi connectivity index (χ4v) is 9.75. The monoisotopic (exact) mass is 778 g/mol. The third-order valence-corrected chi connectivity index (χ3v) is 12.6. The van der Waals surface area contributed by atoms with Crippen LogP contribution in [0.1, 0.15) is 11.1 Å². The minimum absolute atomic E-state index is 0.262. The van der Waals surface area contributed by atoms with E-state index in [1.165, 1.54) is 36.7 Å². The van der Waals surface area contributed by atoms with Crippen LogP contribution in [-0.4, -0.2) is 5.11 Å². The summed E-state index contributed by atoms with van der Waals surface area (Å²) in [5.41, 5.74) is 12.2. The highest BCUT2D eigenvalue weighted by Gasteiger charge is 2.23. The van der Waals surface area contributed by atoms with Gasteiger partial charge in [0.1, 0.15) is 11.3 Å². The number of rotatable bonds is 7. The van der Waals surface area contributed by atoms with Gasteiger partial charge in [-0.3, -0.25) is 0 Å². The average Bonchev–Trinajstić information content (AvgIpc) is 3.84. The van der Waals surface area contributed by atoms with E-state index in [-0.39, 0.29) is 5.75 Å². The Labute approximate surface area is 346 Å². The summed E-state index contributed by atoms with van der Waals surface area (Å²) in [6.07, 6.45) is 0. The van der Waals surface area contributed by atoms with Crippen LogP contribution in [0, 0.1) is 13.8 Å². The summed E-state index contributed by atoms with van der Waals surface area (Å²) in [4.78, 5) is 4.69. The molecule has 0 amide bonds. The van der Waals surface area contributed by atoms with Crippen molar-refractivity contribution in [3.63, 3.8) is 0 Å². The Morgan fingerprint density at radius 1 is 0.441 bits per heavy atom. The predicted octanol–water partition coefficient (Wildman–Crippen LogP) is 16.0. The number of phenols is 1. The molecule has 2 heterocycles. The average molecular weight is 779 g/mol. The number of nitrogens with zero attached hydrogens (tertiary/aromatic N) is 2. The van der Waals surface area contributed by atoms with Gasteiger partial charge in [-0.15, -0.1) is 11.3 Å². The fraction of sp³-hybridized carbons (Fsp3) is 0.0370. The topological polar surface area (TPSA) is 39.9 Å². The maximum Gasteiger partial charge on any atom is 0.159 e. The lowest BCUT2D eigenvalue weighted by atomic mass is 9.99. The zero-order chi connectivity index (χ0) is 39.6. The highest BCUT2D eigenvalue weighted by Crippen LogP contribution is 2.49. The van der Waals surface area contributed by atoms with Gasteiger partial charge in [0.2, 0.25) is 0 Å². The number of furan rings is 1. The van der Waals surface area contributed by atoms with E-state index in [2.05, 4.69) is 175 Å². The maximum absolute atomic E-state index is 10.8. The minimum atomic E-state index is 0.262. The first-order valence-electron chi connectivity index (χ1n) is 19.9. The molecule has 11 rings (SSSR count). The van der Waals surface area contributed by atoms with Crippen LogP contribution in [0.3, 0.4) is 0 Å². The van der Waals surface area contributed by atoms with Crippen molar-refractivity contribution in [2.45, 2.75) is 13.8 Å². The highest BCUT2D eigenvalue weighted by molar-refractivity contribution is 7.26. The van der Waals surface area contributed by atoms with Crippen LogP contribution in [0.15, 0.2) is 192 Å². The van der Waals surface area contributed by atoms with Gasteiger partial charge in [-0.25, -0.2) is 0 Å². The van der Waals surface area contributed by atoms with Crippen molar-refractivity contribution < 1.29 is 9.52 Å². The first-order chi connectivity index (χ1) is 29.0. The summed E-state index contributed by atoms with van der Waals surface area (Å²) in [6.45, 7) is 4.25. The zero-order valence-electron chi connectivity index (χ0n) is 32.6. The molecule has 0 spiro atoms. The van der Waals surface area contributed by atoms with E-state index in [9.17, 15) is 5.11 Å². The van der Waals surface area contributed by atoms with E-state index in [1.807, 2.05) is 41.7 Å². The smallest absolute Gasteiger partial charge is 0.159 e. The van der Waals surface area contributed by atoms with Crippen molar-refractivity contribution in [1.29, 1.82) is 0 Å². The van der Waals surface area contributed by atoms with Crippen LogP contribution in [0.2, 0.25) is 0 Å². The van der Waals surface area contributed by atoms with Gasteiger partial charge in [0.25, 0.3) is 0 Å². The summed E-state index contributed by atoms with van der Waals surface area (Å²) in [5.74, 6) is 0.262. The van der Waals surface area contributed by atoms with Crippen LogP contribution in [0.25, 0.3) is 64.0 Å². The number of phenolic OH excluding ortho intramolecular Hbond substituents is 1. The van der Waals surface area contributed by atoms with Crippen molar-refractivity contribution in [1.82, 2.24) is 0 Å². The summed E-state index contributed by atoms with van der Waals surface area (Å²) < 4.78 is 9.06. The fourth-order valence-electron chi connectivity index (χ4n) is 8.62. The molecule has 2 aromatic heterocycles. The van der Waals surface area contributed by atoms with E-state index < -0.39 is 0 Å². The van der Waals surface area contributed by atoms with Crippen LogP contribution in [-0.2, 0) is 0 Å². The van der Waals surface area contributed by atoms with Gasteiger partial charge in [-0.05, 0) is 104 Å². The Morgan fingerprint density at radius 3 is 1.81 bits per heavy atom. The Bertz CT molecular complexity index is 3380. The van der Waals surface area contributed by atoms with Crippen LogP contribution in [0.5, 0.6) is 5.75 Å². The van der Waals surface area contributed by atoms with Crippen molar-refractivity contribution in [2.24, 2.45) is 0 Å². The molecule has 0 saturated heterocycles. The first-order valence-corrected chi connectivity index (χ1v) is 20.7. The van der Waals surface area contributed by atoms with E-state index >= 15 is 0 Å². The minimum Gasteiger partial charge on any atom is -0.507 e. The zero-order valence-corrected chi connectivity index (χ0v) is 33.4. The molecule has 282 valence electrons. The largest absolute Gasteiger partial charge is 0.507 e. The summed E-state index contributed by atoms with van der Waals surface area (Å²) in [7, 11) is 0. The second-order valence-electron chi connectivity index (χ2n) is 15.3. The Morgan fingerprint density at radius 2 is 1.05 bits per heavy atom. The number of fused-ring (bicyclic) bond motifs is 8. The molecule has 59 heavy (non-hydrogen) atoms. The number of hydrogen-bond donors (Lipinski definition) is 1. The number of para-hydroxylation sites is 3. The Kier molecular flexibility index (Phi) is 8.24. The number of aryl methyl sites for hydroxylation is 2. The molecule has 0 aliphatic rings. The second kappa shape index (κ2) is 13.9. The summed E-state index contributed by atoms with van der Waals surface area (Å²) in [6, 6.07) is 66.2. The van der Waals surface area contributed by atoms with Gasteiger partial charge in [0.05, 0.1) is 11.4 Å². The Balaban J connectivity index is 1.13. The molecule has 0 saturated carbocycles. The first kappa shape index (κ1) is 34.9. The van der Waals surface area contributed by atoms with E-state index in [4.69, 9.17) is 4.42 Å². The Hall–Kier alpha value is -7.34. The van der Waals surface area contributed by atoms with Crippen molar-refractivity contribution >= 4 is 98.3 Å². The van der Waals surface area contributed by atoms with Gasteiger partial charge in [-0.1, -0.05) is 120 Å². The molecular weight excluding hydrogens is 741 g/mol. The second-order valence-corrected chi connectivity index (χ2v) is 16.3. The molecule has 9 aromatic carbocycles. The molecule has 1 N–H and O–H groups in total. The van der Waals surface area contributed by atoms with Crippen molar-refractivity contribution in [3.8, 4) is 16.9 Å². The normalized spacial score (nSPS) is 11.6. The molecule has 0 fully saturated rings. The predicted molar refractivity (Wildman–Crippen MR) is 250 cm³/mol. The van der Waals surface area contributed by atoms with Crippen LogP contribution in [0.4, 0.5) is 34.1 Å². The number of aromatic hydroxyl groups is 1. The third kappa shape index (κ3) is 5.89. The SMILES string of the molecule is Cc1ccc(N(c2cccc(-c3ccccc3O)c2)c2cc3sc4ccc(N(c5ccc(C)cc5)c5cccc6c5oc5ccccc56)cc4c3c3ccccc23)cc1. The van der Waals surface area contributed by atoms with Gasteiger partial charge >= 0.3 is 0 Å². The quantitative estimate of drug-likeness (QED) is 0.175. The van der Waals surface area contributed by atoms with E-state index in [0.29, 0.717) is 0 Å². The standard InChI is InChI=1S/C54H38N2O2S/c1-34-21-25-37(26-22-34)55(47-18-10-17-45-43-15-6-8-20-50(43)58-54(45)47)40-29-30-51-46(32-40)53-44-16-4-3-14-42(44)48(33-52(53)59-51)56(38-27-23-35(2)24-28-38)39-12-9-11-36(31-39)41-13-5-7-19-49(41)57/h3-33,57H,1-2H3. The molecule has 0 radical (unpaired) electrons. The van der Waals surface area contributed by atoms with Crippen molar-refractivity contribution in [3.05, 3.63) is 199 Å². The van der Waals surface area contributed by atoms with E-state index in [0.717, 1.165) is 72.6 Å². The lowest BCUT2D eigenvalue weighted by Crippen LogP contribution is -2.10. The number of benzene rings is 9. The van der Waals surface area contributed by atoms with E-state index in [1.54, 1.807) is 6.07 Å².